The summed E-state index contributed by atoms with van der Waals surface area (Å²) in [5.74, 6) is 0.603. The minimum absolute atomic E-state index is 0.460. The first-order valence-corrected chi connectivity index (χ1v) is 6.07. The Hall–Kier alpha value is -1.63. The van der Waals surface area contributed by atoms with Crippen LogP contribution in [0.1, 0.15) is 17.0 Å². The molecule has 7 heteroatoms. The van der Waals surface area contributed by atoms with E-state index < -0.39 is 11.7 Å². The summed E-state index contributed by atoms with van der Waals surface area (Å²) in [4.78, 5) is 4.08. The summed E-state index contributed by atoms with van der Waals surface area (Å²) in [6, 6.07) is 4.91. The molecule has 0 N–H and O–H groups in total. The number of alkyl halides is 3. The van der Waals surface area contributed by atoms with Crippen molar-refractivity contribution in [3.05, 3.63) is 46.0 Å². The Bertz CT molecular complexity index is 600. The zero-order valence-corrected chi connectivity index (χ0v) is 11.4. The number of hydrogen-bond donors (Lipinski definition) is 0. The van der Waals surface area contributed by atoms with E-state index in [1.807, 2.05) is 0 Å². The first kappa shape index (κ1) is 13.8. The predicted molar refractivity (Wildman–Crippen MR) is 69.1 cm³/mol. The van der Waals surface area contributed by atoms with Crippen molar-refractivity contribution in [2.45, 2.75) is 6.18 Å². The van der Waals surface area contributed by atoms with Crippen molar-refractivity contribution in [3.8, 4) is 0 Å². The van der Waals surface area contributed by atoms with E-state index >= 15 is 0 Å². The molecule has 0 saturated carbocycles. The van der Waals surface area contributed by atoms with E-state index in [9.17, 15) is 13.2 Å². The Labute approximate surface area is 115 Å². The van der Waals surface area contributed by atoms with Crippen LogP contribution in [0.15, 0.2) is 29.0 Å². The predicted octanol–water partition coefficient (Wildman–Crippen LogP) is 3.77. The fraction of sp³-hybridized carbons (Fsp3) is 0.167. The molecule has 0 spiro atoms. The monoisotopic (exact) mass is 331 g/mol. The van der Waals surface area contributed by atoms with Crippen LogP contribution in [0, 0.1) is 0 Å². The summed E-state index contributed by atoms with van der Waals surface area (Å²) in [6.07, 6.45) is -0.951. The Morgan fingerprint density at radius 3 is 2.26 bits per heavy atom. The number of aryl methyl sites for hydroxylation is 1. The van der Waals surface area contributed by atoms with Gasteiger partial charge in [-0.3, -0.25) is 0 Å². The van der Waals surface area contributed by atoms with Crippen molar-refractivity contribution in [2.24, 2.45) is 7.05 Å². The van der Waals surface area contributed by atoms with Gasteiger partial charge in [0.2, 0.25) is 4.73 Å². The molecule has 0 amide bonds. The van der Waals surface area contributed by atoms with Gasteiger partial charge in [-0.05, 0) is 39.7 Å². The zero-order valence-electron chi connectivity index (χ0n) is 9.82. The topological polar surface area (TPSA) is 30.7 Å². The van der Waals surface area contributed by atoms with Gasteiger partial charge in [0.05, 0.1) is 5.56 Å². The highest BCUT2D eigenvalue weighted by Gasteiger charge is 2.29. The molecule has 0 saturated heterocycles. The van der Waals surface area contributed by atoms with Gasteiger partial charge in [-0.15, -0.1) is 5.10 Å². The molecule has 0 aliphatic rings. The summed E-state index contributed by atoms with van der Waals surface area (Å²) < 4.78 is 39.2. The van der Waals surface area contributed by atoms with E-state index in [1.165, 1.54) is 12.1 Å². The van der Waals surface area contributed by atoms with E-state index in [0.717, 1.165) is 12.1 Å². The summed E-state index contributed by atoms with van der Waals surface area (Å²) >= 11 is 3.14. The van der Waals surface area contributed by atoms with Crippen molar-refractivity contribution in [2.75, 3.05) is 0 Å². The quantitative estimate of drug-likeness (QED) is 0.838. The molecule has 0 radical (unpaired) electrons. The zero-order chi connectivity index (χ0) is 14.0. The number of hydrogen-bond acceptors (Lipinski definition) is 2. The summed E-state index contributed by atoms with van der Waals surface area (Å²) in [5.41, 5.74) is -0.00169. The highest BCUT2D eigenvalue weighted by atomic mass is 79.9. The summed E-state index contributed by atoms with van der Waals surface area (Å²) in [6.45, 7) is 0. The molecule has 0 fully saturated rings. The normalized spacial score (nSPS) is 12.3. The van der Waals surface area contributed by atoms with E-state index in [-0.39, 0.29) is 0 Å². The Kier molecular flexibility index (Phi) is 3.75. The molecular weight excluding hydrogens is 323 g/mol. The van der Waals surface area contributed by atoms with Crippen molar-refractivity contribution in [1.29, 1.82) is 0 Å². The molecule has 3 nitrogen and oxygen atoms in total. The molecule has 2 aromatic rings. The van der Waals surface area contributed by atoms with Crippen LogP contribution in [0.25, 0.3) is 12.2 Å². The average molecular weight is 332 g/mol. The third-order valence-corrected chi connectivity index (χ3v) is 2.77. The molecule has 1 aromatic heterocycles. The smallest absolute Gasteiger partial charge is 0.248 e. The van der Waals surface area contributed by atoms with Crippen LogP contribution < -0.4 is 0 Å². The molecule has 1 heterocycles. The van der Waals surface area contributed by atoms with Crippen LogP contribution in [0.3, 0.4) is 0 Å². The summed E-state index contributed by atoms with van der Waals surface area (Å²) in [5, 5.41) is 3.99. The molecular formula is C12H9BrF3N3. The van der Waals surface area contributed by atoms with Gasteiger partial charge >= 0.3 is 6.18 Å². The molecule has 100 valence electrons. The van der Waals surface area contributed by atoms with Crippen molar-refractivity contribution in [3.63, 3.8) is 0 Å². The van der Waals surface area contributed by atoms with Crippen LogP contribution in [0.5, 0.6) is 0 Å². The fourth-order valence-electron chi connectivity index (χ4n) is 1.46. The first-order valence-electron chi connectivity index (χ1n) is 5.28. The average Bonchev–Trinajstić information content (AvgIpc) is 2.65. The van der Waals surface area contributed by atoms with Gasteiger partial charge in [-0.1, -0.05) is 18.2 Å². The lowest BCUT2D eigenvalue weighted by molar-refractivity contribution is -0.137. The maximum atomic E-state index is 12.4. The second kappa shape index (κ2) is 5.16. The molecule has 0 bridgehead atoms. The fourth-order valence-corrected chi connectivity index (χ4v) is 1.88. The molecule has 1 aromatic carbocycles. The van der Waals surface area contributed by atoms with Gasteiger partial charge < -0.3 is 0 Å². The van der Waals surface area contributed by atoms with E-state index in [0.29, 0.717) is 16.1 Å². The lowest BCUT2D eigenvalue weighted by Crippen LogP contribution is -2.03. The number of nitrogens with zero attached hydrogens (tertiary/aromatic N) is 3. The van der Waals surface area contributed by atoms with Crippen LogP contribution in [0.4, 0.5) is 13.2 Å². The van der Waals surface area contributed by atoms with E-state index in [2.05, 4.69) is 26.0 Å². The van der Waals surface area contributed by atoms with Crippen molar-refractivity contribution in [1.82, 2.24) is 14.8 Å². The van der Waals surface area contributed by atoms with Crippen molar-refractivity contribution >= 4 is 28.1 Å². The van der Waals surface area contributed by atoms with E-state index in [1.54, 1.807) is 23.9 Å². The third-order valence-electron chi connectivity index (χ3n) is 2.43. The third kappa shape index (κ3) is 3.44. The lowest BCUT2D eigenvalue weighted by Gasteiger charge is -2.05. The van der Waals surface area contributed by atoms with Crippen LogP contribution in [-0.2, 0) is 13.2 Å². The van der Waals surface area contributed by atoms with Gasteiger partial charge in [0.25, 0.3) is 0 Å². The van der Waals surface area contributed by atoms with Gasteiger partial charge in [0, 0.05) is 7.05 Å². The maximum absolute atomic E-state index is 12.4. The van der Waals surface area contributed by atoms with Gasteiger partial charge in [-0.25, -0.2) is 9.67 Å². The van der Waals surface area contributed by atoms with Crippen LogP contribution >= 0.6 is 15.9 Å². The second-order valence-corrected chi connectivity index (χ2v) is 4.53. The molecule has 2 rings (SSSR count). The number of benzene rings is 1. The highest BCUT2D eigenvalue weighted by molar-refractivity contribution is 9.10. The van der Waals surface area contributed by atoms with Gasteiger partial charge in [-0.2, -0.15) is 13.2 Å². The van der Waals surface area contributed by atoms with Crippen LogP contribution in [0.2, 0.25) is 0 Å². The van der Waals surface area contributed by atoms with Crippen LogP contribution in [-0.4, -0.2) is 14.8 Å². The minimum Gasteiger partial charge on any atom is -0.248 e. The van der Waals surface area contributed by atoms with Crippen molar-refractivity contribution < 1.29 is 13.2 Å². The largest absolute Gasteiger partial charge is 0.416 e. The number of aromatic nitrogens is 3. The lowest BCUT2D eigenvalue weighted by atomic mass is 10.1. The number of halogens is 4. The molecule has 0 unspecified atom stereocenters. The van der Waals surface area contributed by atoms with Gasteiger partial charge in [0.1, 0.15) is 0 Å². The first-order chi connectivity index (χ1) is 8.86. The Morgan fingerprint density at radius 1 is 1.16 bits per heavy atom. The molecule has 19 heavy (non-hydrogen) atoms. The maximum Gasteiger partial charge on any atom is 0.416 e. The Morgan fingerprint density at radius 2 is 1.79 bits per heavy atom. The Balaban J connectivity index is 2.18. The van der Waals surface area contributed by atoms with E-state index in [4.69, 9.17) is 0 Å². The molecule has 0 atom stereocenters. The summed E-state index contributed by atoms with van der Waals surface area (Å²) in [7, 11) is 1.73. The minimum atomic E-state index is -4.31. The molecule has 0 aliphatic heterocycles. The second-order valence-electron chi connectivity index (χ2n) is 3.82. The SMILES string of the molecule is Cn1nc(Br)nc1/C=C/c1ccc(C(F)(F)F)cc1. The molecule has 0 aliphatic carbocycles. The van der Waals surface area contributed by atoms with Gasteiger partial charge in [0.15, 0.2) is 5.82 Å². The number of rotatable bonds is 2. The highest BCUT2D eigenvalue weighted by Crippen LogP contribution is 2.29. The standard InChI is InChI=1S/C12H9BrF3N3/c1-19-10(17-11(13)18-19)7-4-8-2-5-9(6-3-8)12(14,15)16/h2-7H,1H3/b7-4+.